The van der Waals surface area contributed by atoms with Crippen molar-refractivity contribution in [2.24, 2.45) is 5.10 Å². The van der Waals surface area contributed by atoms with Gasteiger partial charge in [-0.25, -0.2) is 14.8 Å². The molecule has 2 aromatic carbocycles. The molecule has 194 valence electrons. The van der Waals surface area contributed by atoms with E-state index in [9.17, 15) is 4.79 Å². The fourth-order valence-electron chi connectivity index (χ4n) is 3.78. The third kappa shape index (κ3) is 8.18. The molecule has 0 unspecified atom stereocenters. The highest BCUT2D eigenvalue weighted by molar-refractivity contribution is 5.84. The number of nitrogens with zero attached hydrogens (tertiary/aromatic N) is 4. The smallest absolute Gasteiger partial charge is 0.411 e. The van der Waals surface area contributed by atoms with E-state index in [0.29, 0.717) is 49.1 Å². The molecule has 1 aliphatic rings. The van der Waals surface area contributed by atoms with Crippen LogP contribution in [0.25, 0.3) is 0 Å². The first kappa shape index (κ1) is 25.9. The Balaban J connectivity index is 1.35. The zero-order chi connectivity index (χ0) is 25.9. The van der Waals surface area contributed by atoms with E-state index < -0.39 is 6.09 Å². The zero-order valence-electron chi connectivity index (χ0n) is 21.1. The number of hydrogen-bond donors (Lipinski definition) is 2. The molecule has 2 N–H and O–H groups in total. The summed E-state index contributed by atoms with van der Waals surface area (Å²) in [5.74, 6) is 2.72. The summed E-state index contributed by atoms with van der Waals surface area (Å²) in [6.07, 6.45) is 2.35. The molecular weight excluding hydrogens is 472 g/mol. The van der Waals surface area contributed by atoms with Crippen LogP contribution < -0.4 is 20.4 Å². The third-order valence-electron chi connectivity index (χ3n) is 5.62. The van der Waals surface area contributed by atoms with E-state index in [1.165, 1.54) is 5.56 Å². The molecule has 10 nitrogen and oxygen atoms in total. The number of methoxy groups -OCH3 is 1. The molecule has 0 radical (unpaired) electrons. The molecule has 4 rings (SSSR count). The van der Waals surface area contributed by atoms with Crippen LogP contribution in [0.15, 0.2) is 59.7 Å². The monoisotopic (exact) mass is 504 g/mol. The van der Waals surface area contributed by atoms with Crippen LogP contribution in [0.3, 0.4) is 0 Å². The van der Waals surface area contributed by atoms with E-state index in [-0.39, 0.29) is 6.61 Å². The first-order chi connectivity index (χ1) is 18.1. The van der Waals surface area contributed by atoms with Crippen molar-refractivity contribution in [1.29, 1.82) is 0 Å². The van der Waals surface area contributed by atoms with Crippen molar-refractivity contribution in [2.45, 2.75) is 19.8 Å². The molecular formula is C27H32N6O4. The van der Waals surface area contributed by atoms with Gasteiger partial charge in [0.1, 0.15) is 17.4 Å². The average molecular weight is 505 g/mol. The van der Waals surface area contributed by atoms with Crippen LogP contribution in [-0.2, 0) is 15.9 Å². The number of rotatable bonds is 10. The first-order valence-electron chi connectivity index (χ1n) is 12.2. The number of aromatic nitrogens is 2. The Morgan fingerprint density at radius 3 is 2.78 bits per heavy atom. The molecule has 0 atom stereocenters. The van der Waals surface area contributed by atoms with Crippen LogP contribution >= 0.6 is 0 Å². The summed E-state index contributed by atoms with van der Waals surface area (Å²) in [7, 11) is 1.57. The summed E-state index contributed by atoms with van der Waals surface area (Å²) >= 11 is 0. The molecule has 1 saturated heterocycles. The summed E-state index contributed by atoms with van der Waals surface area (Å²) in [6, 6.07) is 17.1. The number of anilines is 3. The van der Waals surface area contributed by atoms with Gasteiger partial charge in [-0.3, -0.25) is 10.7 Å². The van der Waals surface area contributed by atoms with Gasteiger partial charge in [-0.2, -0.15) is 5.10 Å². The SMILES string of the molecule is COc1cccc(NC(=O)OCCCc2nc(NN=Cc3cccc(C)c3)cc(N3CCOCC3)n2)c1. The van der Waals surface area contributed by atoms with E-state index in [1.54, 1.807) is 37.6 Å². The predicted molar refractivity (Wildman–Crippen MR) is 144 cm³/mol. The normalized spacial score (nSPS) is 13.4. The van der Waals surface area contributed by atoms with Gasteiger partial charge in [0.25, 0.3) is 0 Å². The molecule has 10 heteroatoms. The summed E-state index contributed by atoms with van der Waals surface area (Å²) in [5, 5.41) is 7.06. The highest BCUT2D eigenvalue weighted by Crippen LogP contribution is 2.19. The summed E-state index contributed by atoms with van der Waals surface area (Å²) in [4.78, 5) is 23.7. The maximum absolute atomic E-state index is 12.1. The Hall–Kier alpha value is -4.18. The Bertz CT molecular complexity index is 1210. The third-order valence-corrected chi connectivity index (χ3v) is 5.62. The first-order valence-corrected chi connectivity index (χ1v) is 12.2. The van der Waals surface area contributed by atoms with Crippen LogP contribution in [0.5, 0.6) is 5.75 Å². The van der Waals surface area contributed by atoms with Crippen molar-refractivity contribution in [2.75, 3.05) is 55.7 Å². The predicted octanol–water partition coefficient (Wildman–Crippen LogP) is 4.26. The van der Waals surface area contributed by atoms with Crippen molar-refractivity contribution in [1.82, 2.24) is 9.97 Å². The summed E-state index contributed by atoms with van der Waals surface area (Å²) in [5.41, 5.74) is 5.81. The van der Waals surface area contributed by atoms with Gasteiger partial charge in [0, 0.05) is 37.3 Å². The molecule has 0 bridgehead atoms. The van der Waals surface area contributed by atoms with E-state index >= 15 is 0 Å². The van der Waals surface area contributed by atoms with E-state index in [0.717, 1.165) is 24.5 Å². The lowest BCUT2D eigenvalue weighted by atomic mass is 10.2. The number of amides is 1. The Labute approximate surface area is 216 Å². The Morgan fingerprint density at radius 1 is 1.14 bits per heavy atom. The van der Waals surface area contributed by atoms with Crippen molar-refractivity contribution in [3.05, 3.63) is 71.5 Å². The Morgan fingerprint density at radius 2 is 1.97 bits per heavy atom. The van der Waals surface area contributed by atoms with Crippen molar-refractivity contribution >= 4 is 29.6 Å². The highest BCUT2D eigenvalue weighted by Gasteiger charge is 2.15. The zero-order valence-corrected chi connectivity index (χ0v) is 21.1. The quantitative estimate of drug-likeness (QED) is 0.239. The standard InChI is InChI=1S/C27H32N6O4/c1-20-6-3-7-21(16-20)19-28-32-25-18-26(33-11-14-36-15-12-33)31-24(30-25)10-5-13-37-27(34)29-22-8-4-9-23(17-22)35-2/h3-4,6-9,16-19H,5,10-15H2,1-2H3,(H,29,34)(H,30,31,32). The molecule has 2 heterocycles. The summed E-state index contributed by atoms with van der Waals surface area (Å²) < 4.78 is 16.0. The van der Waals surface area contributed by atoms with E-state index in [1.807, 2.05) is 31.2 Å². The number of nitrogens with one attached hydrogen (secondary N) is 2. The topological polar surface area (TPSA) is 110 Å². The minimum atomic E-state index is -0.524. The molecule has 0 spiro atoms. The maximum Gasteiger partial charge on any atom is 0.411 e. The van der Waals surface area contributed by atoms with E-state index in [4.69, 9.17) is 19.2 Å². The van der Waals surface area contributed by atoms with Crippen molar-refractivity contribution in [3.8, 4) is 5.75 Å². The number of aryl methyl sites for hydroxylation is 2. The molecule has 1 fully saturated rings. The maximum atomic E-state index is 12.1. The molecule has 1 aliphatic heterocycles. The van der Waals surface area contributed by atoms with Crippen molar-refractivity contribution in [3.63, 3.8) is 0 Å². The number of morpholine rings is 1. The fraction of sp³-hybridized carbons (Fsp3) is 0.333. The van der Waals surface area contributed by atoms with Gasteiger partial charge in [0.2, 0.25) is 0 Å². The molecule has 0 saturated carbocycles. The number of carbonyl (C=O) groups excluding carboxylic acids is 1. The van der Waals surface area contributed by atoms with Gasteiger partial charge < -0.3 is 19.1 Å². The number of ether oxygens (including phenoxy) is 3. The minimum Gasteiger partial charge on any atom is -0.497 e. The van der Waals surface area contributed by atoms with Gasteiger partial charge in [0.15, 0.2) is 5.82 Å². The number of carbonyl (C=O) groups is 1. The van der Waals surface area contributed by atoms with Gasteiger partial charge in [-0.15, -0.1) is 0 Å². The molecule has 3 aromatic rings. The second-order valence-corrected chi connectivity index (χ2v) is 8.51. The van der Waals surface area contributed by atoms with Crippen LogP contribution in [0.2, 0.25) is 0 Å². The Kier molecular flexibility index (Phi) is 9.25. The second kappa shape index (κ2) is 13.2. The number of benzene rings is 2. The van der Waals surface area contributed by atoms with Gasteiger partial charge in [0.05, 0.1) is 33.1 Å². The molecule has 1 amide bonds. The fourth-order valence-corrected chi connectivity index (χ4v) is 3.78. The van der Waals surface area contributed by atoms with E-state index in [2.05, 4.69) is 31.8 Å². The molecule has 1 aromatic heterocycles. The van der Waals surface area contributed by atoms with Gasteiger partial charge >= 0.3 is 6.09 Å². The van der Waals surface area contributed by atoms with Gasteiger partial charge in [-0.1, -0.05) is 35.9 Å². The van der Waals surface area contributed by atoms with Crippen LogP contribution in [0.4, 0.5) is 22.1 Å². The lowest BCUT2D eigenvalue weighted by Gasteiger charge is -2.28. The highest BCUT2D eigenvalue weighted by atomic mass is 16.5. The van der Waals surface area contributed by atoms with Gasteiger partial charge in [-0.05, 0) is 31.0 Å². The number of hydrazone groups is 1. The molecule has 37 heavy (non-hydrogen) atoms. The minimum absolute atomic E-state index is 0.231. The van der Waals surface area contributed by atoms with Crippen LogP contribution in [0, 0.1) is 6.92 Å². The van der Waals surface area contributed by atoms with Crippen LogP contribution in [0.1, 0.15) is 23.4 Å². The molecule has 0 aliphatic carbocycles. The lowest BCUT2D eigenvalue weighted by molar-refractivity contribution is 0.122. The van der Waals surface area contributed by atoms with Crippen molar-refractivity contribution < 1.29 is 19.0 Å². The lowest BCUT2D eigenvalue weighted by Crippen LogP contribution is -2.37. The number of hydrogen-bond acceptors (Lipinski definition) is 9. The second-order valence-electron chi connectivity index (χ2n) is 8.51. The summed E-state index contributed by atoms with van der Waals surface area (Å²) in [6.45, 7) is 5.11. The largest absolute Gasteiger partial charge is 0.497 e. The average Bonchev–Trinajstić information content (AvgIpc) is 2.92. The van der Waals surface area contributed by atoms with Crippen LogP contribution in [-0.4, -0.2) is 62.3 Å².